The third-order valence-corrected chi connectivity index (χ3v) is 2.45. The van der Waals surface area contributed by atoms with E-state index in [9.17, 15) is 4.39 Å². The van der Waals surface area contributed by atoms with E-state index in [2.05, 4.69) is 6.92 Å². The molecule has 1 aromatic carbocycles. The van der Waals surface area contributed by atoms with Gasteiger partial charge in [-0.2, -0.15) is 0 Å². The number of rotatable bonds is 3. The lowest BCUT2D eigenvalue weighted by Crippen LogP contribution is -1.97. The monoisotopic (exact) mass is 180 g/mol. The predicted octanol–water partition coefficient (Wildman–Crippen LogP) is 3.51. The van der Waals surface area contributed by atoms with E-state index in [0.29, 0.717) is 0 Å². The van der Waals surface area contributed by atoms with E-state index in [1.165, 1.54) is 5.56 Å². The molecule has 0 aromatic heterocycles. The quantitative estimate of drug-likeness (QED) is 0.667. The average molecular weight is 180 g/mol. The van der Waals surface area contributed by atoms with E-state index in [4.69, 9.17) is 0 Å². The Balaban J connectivity index is 3.20. The molecule has 0 aliphatic carbocycles. The number of hydrogen-bond acceptors (Lipinski definition) is 0. The lowest BCUT2D eigenvalue weighted by atomic mass is 10.0. The smallest absolute Gasteiger partial charge is 0.129 e. The molecule has 0 spiro atoms. The van der Waals surface area contributed by atoms with Gasteiger partial charge in [-0.05, 0) is 36.0 Å². The largest absolute Gasteiger partial charge is 0.206 e. The normalized spacial score (nSPS) is 10.5. The highest BCUT2D eigenvalue weighted by Crippen LogP contribution is 2.17. The fourth-order valence-corrected chi connectivity index (χ4v) is 1.54. The van der Waals surface area contributed by atoms with Crippen LogP contribution in [0.4, 0.5) is 4.39 Å². The maximum absolute atomic E-state index is 13.6. The molecule has 0 N–H and O–H groups in total. The number of halogens is 1. The minimum Gasteiger partial charge on any atom is -0.206 e. The van der Waals surface area contributed by atoms with Crippen molar-refractivity contribution in [2.24, 2.45) is 0 Å². The van der Waals surface area contributed by atoms with Crippen molar-refractivity contribution in [3.63, 3.8) is 0 Å². The van der Waals surface area contributed by atoms with Gasteiger partial charge in [-0.1, -0.05) is 32.9 Å². The first-order valence-electron chi connectivity index (χ1n) is 5.03. The molecule has 0 radical (unpaired) electrons. The molecule has 0 fully saturated rings. The Kier molecular flexibility index (Phi) is 3.47. The van der Waals surface area contributed by atoms with Crippen LogP contribution >= 0.6 is 0 Å². The van der Waals surface area contributed by atoms with E-state index in [1.54, 1.807) is 0 Å². The van der Waals surface area contributed by atoms with Crippen molar-refractivity contribution in [3.8, 4) is 0 Å². The summed E-state index contributed by atoms with van der Waals surface area (Å²) in [6.07, 6.45) is 2.56. The van der Waals surface area contributed by atoms with E-state index in [1.807, 2.05) is 26.0 Å². The number of benzene rings is 1. The Bertz CT molecular complexity index is 264. The van der Waals surface area contributed by atoms with Crippen LogP contribution in [0.25, 0.3) is 0 Å². The summed E-state index contributed by atoms with van der Waals surface area (Å²) < 4.78 is 13.6. The van der Waals surface area contributed by atoms with E-state index >= 15 is 0 Å². The molecule has 13 heavy (non-hydrogen) atoms. The minimum absolute atomic E-state index is 0.00204. The standard InChI is InChI=1S/C12H17F/c1-4-9-7-10(5-2)12(13)11(6-3)8-9/h7-8H,4-6H2,1-3H3. The van der Waals surface area contributed by atoms with Gasteiger partial charge in [-0.15, -0.1) is 0 Å². The van der Waals surface area contributed by atoms with Gasteiger partial charge >= 0.3 is 0 Å². The highest BCUT2D eigenvalue weighted by molar-refractivity contribution is 5.32. The van der Waals surface area contributed by atoms with Crippen molar-refractivity contribution < 1.29 is 4.39 Å². The molecular formula is C12H17F. The van der Waals surface area contributed by atoms with E-state index in [-0.39, 0.29) is 5.82 Å². The maximum Gasteiger partial charge on any atom is 0.129 e. The second kappa shape index (κ2) is 4.40. The first-order chi connectivity index (χ1) is 6.22. The highest BCUT2D eigenvalue weighted by Gasteiger charge is 2.06. The average Bonchev–Trinajstić information content (AvgIpc) is 2.18. The molecule has 72 valence electrons. The van der Waals surface area contributed by atoms with Gasteiger partial charge in [-0.3, -0.25) is 0 Å². The van der Waals surface area contributed by atoms with Crippen molar-refractivity contribution >= 4 is 0 Å². The van der Waals surface area contributed by atoms with E-state index in [0.717, 1.165) is 30.4 Å². The summed E-state index contributed by atoms with van der Waals surface area (Å²) in [6.45, 7) is 6.10. The molecule has 0 saturated heterocycles. The van der Waals surface area contributed by atoms with Crippen LogP contribution in [0, 0.1) is 5.82 Å². The number of hydrogen-bond donors (Lipinski definition) is 0. The number of aryl methyl sites for hydroxylation is 3. The zero-order chi connectivity index (χ0) is 9.84. The zero-order valence-corrected chi connectivity index (χ0v) is 8.65. The lowest BCUT2D eigenvalue weighted by molar-refractivity contribution is 0.596. The molecule has 1 aromatic rings. The molecule has 0 bridgehead atoms. The van der Waals surface area contributed by atoms with Crippen LogP contribution in [0.1, 0.15) is 37.5 Å². The van der Waals surface area contributed by atoms with Gasteiger partial charge in [0.2, 0.25) is 0 Å². The van der Waals surface area contributed by atoms with Crippen molar-refractivity contribution in [3.05, 3.63) is 34.6 Å². The van der Waals surface area contributed by atoms with Gasteiger partial charge in [-0.25, -0.2) is 4.39 Å². The molecule has 0 saturated carbocycles. The Morgan fingerprint density at radius 2 is 1.38 bits per heavy atom. The molecule has 0 atom stereocenters. The van der Waals surface area contributed by atoms with Crippen LogP contribution in [0.2, 0.25) is 0 Å². The first kappa shape index (κ1) is 10.2. The van der Waals surface area contributed by atoms with Crippen LogP contribution in [0.5, 0.6) is 0 Å². The molecule has 0 aliphatic heterocycles. The molecule has 1 heteroatoms. The summed E-state index contributed by atoms with van der Waals surface area (Å²) >= 11 is 0. The molecule has 1 rings (SSSR count). The van der Waals surface area contributed by atoms with Crippen molar-refractivity contribution in [2.75, 3.05) is 0 Å². The van der Waals surface area contributed by atoms with Gasteiger partial charge in [0.05, 0.1) is 0 Å². The van der Waals surface area contributed by atoms with Crippen LogP contribution in [-0.2, 0) is 19.3 Å². The fraction of sp³-hybridized carbons (Fsp3) is 0.500. The van der Waals surface area contributed by atoms with Gasteiger partial charge < -0.3 is 0 Å². The second-order valence-corrected chi connectivity index (χ2v) is 3.29. The molecule has 0 aliphatic rings. The summed E-state index contributed by atoms with van der Waals surface area (Å²) in [5, 5.41) is 0. The maximum atomic E-state index is 13.6. The Labute approximate surface area is 79.8 Å². The minimum atomic E-state index is 0.00204. The highest BCUT2D eigenvalue weighted by atomic mass is 19.1. The van der Waals surface area contributed by atoms with Gasteiger partial charge in [0.1, 0.15) is 5.82 Å². The van der Waals surface area contributed by atoms with Gasteiger partial charge in [0.25, 0.3) is 0 Å². The van der Waals surface area contributed by atoms with Crippen molar-refractivity contribution in [1.29, 1.82) is 0 Å². The molecule has 0 amide bonds. The van der Waals surface area contributed by atoms with E-state index < -0.39 is 0 Å². The molecule has 0 unspecified atom stereocenters. The van der Waals surface area contributed by atoms with Crippen molar-refractivity contribution in [2.45, 2.75) is 40.0 Å². The Morgan fingerprint density at radius 1 is 0.923 bits per heavy atom. The van der Waals surface area contributed by atoms with Crippen LogP contribution in [0.15, 0.2) is 12.1 Å². The zero-order valence-electron chi connectivity index (χ0n) is 8.65. The summed E-state index contributed by atoms with van der Waals surface area (Å²) in [5.41, 5.74) is 2.96. The van der Waals surface area contributed by atoms with Crippen LogP contribution in [0.3, 0.4) is 0 Å². The molecular weight excluding hydrogens is 163 g/mol. The third kappa shape index (κ3) is 2.09. The summed E-state index contributed by atoms with van der Waals surface area (Å²) in [4.78, 5) is 0. The SMILES string of the molecule is CCc1cc(CC)c(F)c(CC)c1. The van der Waals surface area contributed by atoms with Crippen LogP contribution in [-0.4, -0.2) is 0 Å². The van der Waals surface area contributed by atoms with Crippen LogP contribution < -0.4 is 0 Å². The fourth-order valence-electron chi connectivity index (χ4n) is 1.54. The first-order valence-corrected chi connectivity index (χ1v) is 5.03. The topological polar surface area (TPSA) is 0 Å². The van der Waals surface area contributed by atoms with Gasteiger partial charge in [0.15, 0.2) is 0 Å². The predicted molar refractivity (Wildman–Crippen MR) is 54.5 cm³/mol. The summed E-state index contributed by atoms with van der Waals surface area (Å²) in [5.74, 6) is 0.00204. The van der Waals surface area contributed by atoms with Crippen molar-refractivity contribution in [1.82, 2.24) is 0 Å². The third-order valence-electron chi connectivity index (χ3n) is 2.45. The Morgan fingerprint density at radius 3 is 1.69 bits per heavy atom. The molecule has 0 heterocycles. The molecule has 0 nitrogen and oxygen atoms in total. The van der Waals surface area contributed by atoms with Gasteiger partial charge in [0, 0.05) is 0 Å². The lowest BCUT2D eigenvalue weighted by Gasteiger charge is -2.08. The summed E-state index contributed by atoms with van der Waals surface area (Å²) in [6, 6.07) is 3.96. The second-order valence-electron chi connectivity index (χ2n) is 3.29. The Hall–Kier alpha value is -0.850. The summed E-state index contributed by atoms with van der Waals surface area (Å²) in [7, 11) is 0.